The quantitative estimate of drug-likeness (QED) is 0.304. The molecule has 5 nitrogen and oxygen atoms in total. The van der Waals surface area contributed by atoms with E-state index in [-0.39, 0.29) is 12.9 Å². The molecule has 0 radical (unpaired) electrons. The molecule has 1 aromatic carbocycles. The number of allylic oxidation sites excluding steroid dienone is 4. The van der Waals surface area contributed by atoms with Crippen LogP contribution in [-0.2, 0) is 20.6 Å². The van der Waals surface area contributed by atoms with Gasteiger partial charge in [-0.1, -0.05) is 49.3 Å². The molecule has 0 fully saturated rings. The van der Waals surface area contributed by atoms with Crippen LogP contribution in [-0.4, -0.2) is 51.0 Å². The van der Waals surface area contributed by atoms with Crippen LogP contribution in [0.5, 0.6) is 5.75 Å². The van der Waals surface area contributed by atoms with Crippen LogP contribution in [0.2, 0.25) is 0 Å². The van der Waals surface area contributed by atoms with E-state index in [1.165, 1.54) is 16.7 Å². The van der Waals surface area contributed by atoms with Crippen LogP contribution in [0.3, 0.4) is 0 Å². The third-order valence-corrected chi connectivity index (χ3v) is 5.10. The first-order valence-corrected chi connectivity index (χ1v) is 10.5. The molecule has 0 aromatic heterocycles. The highest BCUT2D eigenvalue weighted by Gasteiger charge is 2.16. The van der Waals surface area contributed by atoms with Crippen molar-refractivity contribution in [3.8, 4) is 5.75 Å². The van der Waals surface area contributed by atoms with Gasteiger partial charge in [0.05, 0.1) is 39.6 Å². The molecule has 1 aromatic rings. The Balaban J connectivity index is 1.67. The van der Waals surface area contributed by atoms with E-state index in [9.17, 15) is 0 Å². The summed E-state index contributed by atoms with van der Waals surface area (Å²) in [4.78, 5) is 0. The molecular weight excluding hydrogens is 368 g/mol. The number of aliphatic hydroxyl groups excluding tert-OH is 1. The molecule has 0 amide bonds. The molecule has 0 heterocycles. The Labute approximate surface area is 175 Å². The first kappa shape index (κ1) is 23.6. The third-order valence-electron chi connectivity index (χ3n) is 5.10. The van der Waals surface area contributed by atoms with Crippen molar-refractivity contribution in [3.05, 3.63) is 53.1 Å². The van der Waals surface area contributed by atoms with Gasteiger partial charge in [-0.25, -0.2) is 0 Å². The van der Waals surface area contributed by atoms with Crippen LogP contribution in [0.1, 0.15) is 33.3 Å². The van der Waals surface area contributed by atoms with Gasteiger partial charge in [0.1, 0.15) is 5.75 Å². The minimum Gasteiger partial charge on any atom is -0.465 e. The van der Waals surface area contributed by atoms with Gasteiger partial charge < -0.3 is 24.1 Å². The van der Waals surface area contributed by atoms with Gasteiger partial charge >= 0.3 is 0 Å². The zero-order valence-electron chi connectivity index (χ0n) is 18.2. The Hall–Kier alpha value is -1.66. The number of ether oxygens (including phenoxy) is 4. The fourth-order valence-electron chi connectivity index (χ4n) is 3.28. The molecule has 5 heteroatoms. The zero-order valence-corrected chi connectivity index (χ0v) is 18.2. The van der Waals surface area contributed by atoms with Crippen LogP contribution in [0.25, 0.3) is 0 Å². The molecule has 2 rings (SSSR count). The molecule has 0 bridgehead atoms. The highest BCUT2D eigenvalue weighted by atomic mass is 16.7. The van der Waals surface area contributed by atoms with Gasteiger partial charge in [0.25, 0.3) is 0 Å². The molecule has 162 valence electrons. The predicted octanol–water partition coefficient (Wildman–Crippen LogP) is 4.15. The first-order chi connectivity index (χ1) is 14.0. The van der Waals surface area contributed by atoms with E-state index >= 15 is 0 Å². The van der Waals surface area contributed by atoms with Crippen molar-refractivity contribution < 1.29 is 24.1 Å². The lowest BCUT2D eigenvalue weighted by molar-refractivity contribution is -0.0863. The molecule has 1 aliphatic carbocycles. The summed E-state index contributed by atoms with van der Waals surface area (Å²) in [5.74, 6) is 1.83. The Kier molecular flexibility index (Phi) is 10.4. The van der Waals surface area contributed by atoms with Gasteiger partial charge in [-0.2, -0.15) is 0 Å². The topological polar surface area (TPSA) is 57.2 Å². The van der Waals surface area contributed by atoms with Crippen LogP contribution in [0.4, 0.5) is 0 Å². The third kappa shape index (κ3) is 8.70. The van der Waals surface area contributed by atoms with Crippen molar-refractivity contribution in [3.63, 3.8) is 0 Å². The van der Waals surface area contributed by atoms with E-state index in [0.29, 0.717) is 44.9 Å². The van der Waals surface area contributed by atoms with Gasteiger partial charge in [-0.15, -0.1) is 0 Å². The molecule has 0 aliphatic heterocycles. The molecule has 3 atom stereocenters. The summed E-state index contributed by atoms with van der Waals surface area (Å²) in [5, 5.41) is 8.60. The van der Waals surface area contributed by atoms with Crippen LogP contribution in [0.15, 0.2) is 47.6 Å². The summed E-state index contributed by atoms with van der Waals surface area (Å²) in [6.45, 7) is 10.9. The minimum atomic E-state index is -0.342. The summed E-state index contributed by atoms with van der Waals surface area (Å²) in [6.07, 6.45) is 5.41. The van der Waals surface area contributed by atoms with Gasteiger partial charge in [-0.05, 0) is 49.8 Å². The maximum Gasteiger partial charge on any atom is 0.197 e. The van der Waals surface area contributed by atoms with E-state index in [4.69, 9.17) is 24.1 Å². The van der Waals surface area contributed by atoms with Gasteiger partial charge in [-0.3, -0.25) is 0 Å². The second-order valence-corrected chi connectivity index (χ2v) is 7.55. The average molecular weight is 405 g/mol. The predicted molar refractivity (Wildman–Crippen MR) is 115 cm³/mol. The van der Waals surface area contributed by atoms with Crippen molar-refractivity contribution in [2.24, 2.45) is 11.8 Å². The minimum absolute atomic E-state index is 0.0339. The van der Waals surface area contributed by atoms with Crippen molar-refractivity contribution in [2.75, 3.05) is 39.6 Å². The van der Waals surface area contributed by atoms with E-state index < -0.39 is 0 Å². The molecule has 0 saturated carbocycles. The molecule has 29 heavy (non-hydrogen) atoms. The monoisotopic (exact) mass is 404 g/mol. The van der Waals surface area contributed by atoms with E-state index in [1.807, 2.05) is 19.1 Å². The van der Waals surface area contributed by atoms with Crippen molar-refractivity contribution in [1.82, 2.24) is 0 Å². The van der Waals surface area contributed by atoms with Crippen molar-refractivity contribution in [2.45, 2.75) is 40.4 Å². The van der Waals surface area contributed by atoms with E-state index in [2.05, 4.69) is 45.1 Å². The Morgan fingerprint density at radius 2 is 1.55 bits per heavy atom. The molecule has 3 unspecified atom stereocenters. The lowest BCUT2D eigenvalue weighted by atomic mass is 9.83. The second kappa shape index (κ2) is 12.8. The number of rotatable bonds is 13. The van der Waals surface area contributed by atoms with Gasteiger partial charge in [0.15, 0.2) is 6.29 Å². The number of benzene rings is 1. The Morgan fingerprint density at radius 3 is 2.24 bits per heavy atom. The number of hydrogen-bond acceptors (Lipinski definition) is 5. The lowest BCUT2D eigenvalue weighted by Crippen LogP contribution is -2.19. The molecule has 0 saturated heterocycles. The van der Waals surface area contributed by atoms with Gasteiger partial charge in [0, 0.05) is 0 Å². The molecule has 0 spiro atoms. The van der Waals surface area contributed by atoms with Gasteiger partial charge in [0.2, 0.25) is 0 Å². The van der Waals surface area contributed by atoms with Crippen molar-refractivity contribution in [1.29, 1.82) is 0 Å². The highest BCUT2D eigenvalue weighted by molar-refractivity contribution is 5.34. The summed E-state index contributed by atoms with van der Waals surface area (Å²) in [7, 11) is 0. The average Bonchev–Trinajstić information content (AvgIpc) is 2.69. The summed E-state index contributed by atoms with van der Waals surface area (Å²) >= 11 is 0. The standard InChI is InChI=1S/C24H36O5/c1-18-15-20(3)23(16-19(18)2)17-22-5-7-24(8-6-22)29-21(4)28-14-13-27-12-11-26-10-9-25/h5-8,15-16,19-21,25H,9-14,17H2,1-4H3. The summed E-state index contributed by atoms with van der Waals surface area (Å²) in [5.41, 5.74) is 4.23. The Bertz CT molecular complexity index is 650. The van der Waals surface area contributed by atoms with Crippen molar-refractivity contribution >= 4 is 0 Å². The van der Waals surface area contributed by atoms with Crippen LogP contribution >= 0.6 is 0 Å². The maximum atomic E-state index is 8.60. The Morgan fingerprint density at radius 1 is 0.897 bits per heavy atom. The molecular formula is C24H36O5. The second-order valence-electron chi connectivity index (χ2n) is 7.55. The fraction of sp³-hybridized carbons (Fsp3) is 0.583. The molecule has 1 aliphatic rings. The van der Waals surface area contributed by atoms with E-state index in [1.54, 1.807) is 0 Å². The zero-order chi connectivity index (χ0) is 21.1. The SMILES string of the molecule is CC1=CC(C)C(Cc2ccc(OC(C)OCCOCCOCCO)cc2)=CC1C. The fourth-order valence-corrected chi connectivity index (χ4v) is 3.28. The molecule has 1 N–H and O–H groups in total. The van der Waals surface area contributed by atoms with Crippen LogP contribution in [0, 0.1) is 11.8 Å². The summed E-state index contributed by atoms with van der Waals surface area (Å²) in [6, 6.07) is 8.26. The largest absolute Gasteiger partial charge is 0.465 e. The number of aliphatic hydroxyl groups is 1. The van der Waals surface area contributed by atoms with E-state index in [0.717, 1.165) is 12.2 Å². The highest BCUT2D eigenvalue weighted by Crippen LogP contribution is 2.29. The van der Waals surface area contributed by atoms with Crippen LogP contribution < -0.4 is 4.74 Å². The lowest BCUT2D eigenvalue weighted by Gasteiger charge is -2.23. The maximum absolute atomic E-state index is 8.60. The number of hydrogen-bond donors (Lipinski definition) is 1. The smallest absolute Gasteiger partial charge is 0.197 e. The summed E-state index contributed by atoms with van der Waals surface area (Å²) < 4.78 is 21.9. The normalized spacial score (nSPS) is 20.2. The first-order valence-electron chi connectivity index (χ1n) is 10.5.